The first kappa shape index (κ1) is 18.8. The molecule has 0 bridgehead atoms. The minimum absolute atomic E-state index is 0.230. The molecule has 126 valence electrons. The summed E-state index contributed by atoms with van der Waals surface area (Å²) in [5.74, 6) is 0. The Morgan fingerprint density at radius 1 is 1.05 bits per heavy atom. The minimum Gasteiger partial charge on any atom is -0.308 e. The molecule has 0 aliphatic rings. The largest absolute Gasteiger partial charge is 0.429 e. The highest BCUT2D eigenvalue weighted by Crippen LogP contribution is 2.45. The van der Waals surface area contributed by atoms with E-state index in [1.807, 2.05) is 0 Å². The van der Waals surface area contributed by atoms with Gasteiger partial charge in [-0.15, -0.1) is 0 Å². The molecule has 0 saturated carbocycles. The Morgan fingerprint density at radius 2 is 1.55 bits per heavy atom. The van der Waals surface area contributed by atoms with E-state index in [9.17, 15) is 30.9 Å². The lowest BCUT2D eigenvalue weighted by Crippen LogP contribution is -2.22. The van der Waals surface area contributed by atoms with Crippen molar-refractivity contribution in [2.45, 2.75) is 25.2 Å². The van der Waals surface area contributed by atoms with Crippen LogP contribution in [0.2, 0.25) is 0 Å². The SMILES string of the molecule is CN(c1cccc(CC(F)(F)F)c1CC(F)(F)F)P(=O)(O)O. The van der Waals surface area contributed by atoms with E-state index in [0.29, 0.717) is 0 Å². The van der Waals surface area contributed by atoms with Crippen LogP contribution in [0.1, 0.15) is 11.1 Å². The van der Waals surface area contributed by atoms with Crippen LogP contribution in [-0.4, -0.2) is 29.2 Å². The van der Waals surface area contributed by atoms with Gasteiger partial charge in [0, 0.05) is 12.7 Å². The summed E-state index contributed by atoms with van der Waals surface area (Å²) >= 11 is 0. The minimum atomic E-state index is -4.96. The third-order valence-electron chi connectivity index (χ3n) is 2.76. The van der Waals surface area contributed by atoms with Crippen LogP contribution < -0.4 is 4.67 Å². The molecule has 1 aromatic carbocycles. The predicted octanol–water partition coefficient (Wildman–Crippen LogP) is 3.43. The highest BCUT2D eigenvalue weighted by atomic mass is 31.2. The van der Waals surface area contributed by atoms with E-state index in [1.165, 1.54) is 0 Å². The van der Waals surface area contributed by atoms with Crippen molar-refractivity contribution in [2.24, 2.45) is 0 Å². The molecule has 0 fully saturated rings. The molecule has 0 radical (unpaired) electrons. The molecule has 0 unspecified atom stereocenters. The number of halogens is 6. The quantitative estimate of drug-likeness (QED) is 0.645. The molecule has 0 heterocycles. The Balaban J connectivity index is 3.44. The van der Waals surface area contributed by atoms with Gasteiger partial charge < -0.3 is 9.79 Å². The van der Waals surface area contributed by atoms with E-state index < -0.39 is 49.8 Å². The summed E-state index contributed by atoms with van der Waals surface area (Å²) in [6.45, 7) is 0. The summed E-state index contributed by atoms with van der Waals surface area (Å²) in [5, 5.41) is 0. The summed E-state index contributed by atoms with van der Waals surface area (Å²) in [7, 11) is -4.14. The van der Waals surface area contributed by atoms with Crippen molar-refractivity contribution in [3.05, 3.63) is 29.3 Å². The zero-order chi connectivity index (χ0) is 17.3. The second kappa shape index (κ2) is 6.10. The fourth-order valence-electron chi connectivity index (χ4n) is 1.85. The zero-order valence-electron chi connectivity index (χ0n) is 11.1. The fraction of sp³-hybridized carbons (Fsp3) is 0.455. The molecule has 0 atom stereocenters. The first-order valence-corrected chi connectivity index (χ1v) is 7.31. The molecule has 0 aliphatic carbocycles. The molecule has 1 rings (SSSR count). The van der Waals surface area contributed by atoms with Crippen molar-refractivity contribution >= 4 is 13.4 Å². The highest BCUT2D eigenvalue weighted by molar-refractivity contribution is 7.53. The number of alkyl halides is 6. The summed E-state index contributed by atoms with van der Waals surface area (Å²) in [4.78, 5) is 18.0. The van der Waals surface area contributed by atoms with Crippen LogP contribution in [0.15, 0.2) is 18.2 Å². The van der Waals surface area contributed by atoms with E-state index >= 15 is 0 Å². The maximum absolute atomic E-state index is 12.6. The Kier molecular flexibility index (Phi) is 5.21. The maximum Gasteiger partial charge on any atom is 0.429 e. The van der Waals surface area contributed by atoms with Gasteiger partial charge in [-0.25, -0.2) is 4.57 Å². The summed E-state index contributed by atoms with van der Waals surface area (Å²) in [6, 6.07) is 2.80. The van der Waals surface area contributed by atoms with E-state index in [-0.39, 0.29) is 4.67 Å². The average molecular weight is 351 g/mol. The highest BCUT2D eigenvalue weighted by Gasteiger charge is 2.36. The van der Waals surface area contributed by atoms with E-state index in [1.54, 1.807) is 0 Å². The first-order valence-electron chi connectivity index (χ1n) is 5.75. The number of anilines is 1. The lowest BCUT2D eigenvalue weighted by Gasteiger charge is -2.25. The maximum atomic E-state index is 12.6. The molecule has 1 aromatic rings. The summed E-state index contributed by atoms with van der Waals surface area (Å²) in [5.41, 5.74) is -2.08. The van der Waals surface area contributed by atoms with Crippen molar-refractivity contribution in [3.63, 3.8) is 0 Å². The van der Waals surface area contributed by atoms with Gasteiger partial charge in [0.25, 0.3) is 0 Å². The normalized spacial score (nSPS) is 13.3. The van der Waals surface area contributed by atoms with E-state index in [2.05, 4.69) is 0 Å². The third-order valence-corrected chi connectivity index (χ3v) is 3.75. The number of hydrogen-bond donors (Lipinski definition) is 2. The van der Waals surface area contributed by atoms with Gasteiger partial charge in [-0.3, -0.25) is 4.67 Å². The average Bonchev–Trinajstić information content (AvgIpc) is 2.25. The monoisotopic (exact) mass is 351 g/mol. The van der Waals surface area contributed by atoms with Gasteiger partial charge in [0.2, 0.25) is 0 Å². The van der Waals surface area contributed by atoms with Gasteiger partial charge in [0.05, 0.1) is 12.8 Å². The van der Waals surface area contributed by atoms with Crippen molar-refractivity contribution in [3.8, 4) is 0 Å². The smallest absolute Gasteiger partial charge is 0.308 e. The van der Waals surface area contributed by atoms with Crippen molar-refractivity contribution in [1.82, 2.24) is 0 Å². The predicted molar refractivity (Wildman–Crippen MR) is 66.4 cm³/mol. The topological polar surface area (TPSA) is 60.8 Å². The van der Waals surface area contributed by atoms with Crippen molar-refractivity contribution < 1.29 is 40.7 Å². The second-order valence-corrected chi connectivity index (χ2v) is 6.16. The molecule has 22 heavy (non-hydrogen) atoms. The van der Waals surface area contributed by atoms with Gasteiger partial charge >= 0.3 is 20.1 Å². The van der Waals surface area contributed by atoms with Crippen LogP contribution in [0.3, 0.4) is 0 Å². The molecular weight excluding hydrogens is 339 g/mol. The van der Waals surface area contributed by atoms with Crippen molar-refractivity contribution in [1.29, 1.82) is 0 Å². The molecule has 0 amide bonds. The molecule has 0 aliphatic heterocycles. The lowest BCUT2D eigenvalue weighted by atomic mass is 9.99. The molecule has 11 heteroatoms. The van der Waals surface area contributed by atoms with Gasteiger partial charge in [-0.05, 0) is 17.2 Å². The molecular formula is C11H12F6NO3P. The van der Waals surface area contributed by atoms with Crippen LogP contribution >= 0.6 is 7.75 Å². The zero-order valence-corrected chi connectivity index (χ0v) is 12.0. The van der Waals surface area contributed by atoms with Gasteiger partial charge in [-0.1, -0.05) is 12.1 Å². The number of benzene rings is 1. The molecule has 0 aromatic heterocycles. The summed E-state index contributed by atoms with van der Waals surface area (Å²) in [6.07, 6.45) is -12.9. The van der Waals surface area contributed by atoms with E-state index in [4.69, 9.17) is 9.79 Å². The molecule has 0 spiro atoms. The lowest BCUT2D eigenvalue weighted by molar-refractivity contribution is -0.132. The number of rotatable bonds is 4. The first-order chi connectivity index (χ1) is 9.71. The fourth-order valence-corrected chi connectivity index (χ4v) is 2.32. The number of nitrogens with zero attached hydrogens (tertiary/aromatic N) is 1. The summed E-state index contributed by atoms with van der Waals surface area (Å²) < 4.78 is 86.6. The third kappa shape index (κ3) is 5.51. The Bertz CT molecular complexity index is 580. The molecule has 0 saturated heterocycles. The van der Waals surface area contributed by atoms with Crippen LogP contribution in [0, 0.1) is 0 Å². The molecule has 2 N–H and O–H groups in total. The van der Waals surface area contributed by atoms with Crippen LogP contribution in [0.4, 0.5) is 32.0 Å². The Morgan fingerprint density at radius 3 is 1.95 bits per heavy atom. The number of hydrogen-bond acceptors (Lipinski definition) is 1. The van der Waals surface area contributed by atoms with E-state index in [0.717, 1.165) is 25.2 Å². The van der Waals surface area contributed by atoms with Gasteiger partial charge in [0.15, 0.2) is 0 Å². The Hall–Kier alpha value is -1.25. The Labute approximate surface area is 121 Å². The van der Waals surface area contributed by atoms with Gasteiger partial charge in [-0.2, -0.15) is 26.3 Å². The standard InChI is InChI=1S/C11H12F6NO3P/c1-18(22(19,20)21)9-4-2-3-7(5-10(12,13)14)8(9)6-11(15,16)17/h2-4H,5-6H2,1H3,(H2,19,20,21). The van der Waals surface area contributed by atoms with Gasteiger partial charge in [0.1, 0.15) is 0 Å². The van der Waals surface area contributed by atoms with Crippen LogP contribution in [0.25, 0.3) is 0 Å². The second-order valence-electron chi connectivity index (χ2n) is 4.54. The van der Waals surface area contributed by atoms with Crippen LogP contribution in [0.5, 0.6) is 0 Å². The van der Waals surface area contributed by atoms with Crippen molar-refractivity contribution in [2.75, 3.05) is 11.7 Å². The van der Waals surface area contributed by atoms with Crippen LogP contribution in [-0.2, 0) is 17.4 Å². The molecule has 4 nitrogen and oxygen atoms in total.